The van der Waals surface area contributed by atoms with Gasteiger partial charge in [0.05, 0.1) is 10.6 Å². The van der Waals surface area contributed by atoms with E-state index in [4.69, 9.17) is 0 Å². The normalized spacial score (nSPS) is 11.8. The van der Waals surface area contributed by atoms with Crippen LogP contribution < -0.4 is 4.72 Å². The van der Waals surface area contributed by atoms with E-state index in [1.54, 1.807) is 31.2 Å². The summed E-state index contributed by atoms with van der Waals surface area (Å²) in [6.07, 6.45) is 3.37. The number of allylic oxidation sites excluding steroid dienone is 1. The van der Waals surface area contributed by atoms with Crippen molar-refractivity contribution in [1.82, 2.24) is 0 Å². The monoisotopic (exact) mass is 305 g/mol. The van der Waals surface area contributed by atoms with Crippen LogP contribution >= 0.6 is 0 Å². The molecule has 0 spiro atoms. The Kier molecular flexibility index (Phi) is 4.43. The molecule has 110 valence electrons. The molecule has 0 saturated carbocycles. The Hall–Kier alpha value is -2.14. The van der Waals surface area contributed by atoms with Gasteiger partial charge in [-0.2, -0.15) is 0 Å². The van der Waals surface area contributed by atoms with Crippen molar-refractivity contribution in [2.45, 2.75) is 18.7 Å². The Morgan fingerprint density at radius 2 is 1.76 bits per heavy atom. The number of benzene rings is 2. The molecule has 0 aromatic heterocycles. The summed E-state index contributed by atoms with van der Waals surface area (Å²) in [5.41, 5.74) is 1.80. The number of sulfonamides is 1. The van der Waals surface area contributed by atoms with Crippen molar-refractivity contribution in [3.8, 4) is 0 Å². The zero-order chi connectivity index (χ0) is 15.5. The summed E-state index contributed by atoms with van der Waals surface area (Å²) in [5.74, 6) is -0.415. The number of aryl methyl sites for hydroxylation is 1. The van der Waals surface area contributed by atoms with E-state index in [-0.39, 0.29) is 4.90 Å². The fourth-order valence-electron chi connectivity index (χ4n) is 1.87. The van der Waals surface area contributed by atoms with E-state index in [1.807, 2.05) is 6.92 Å². The highest BCUT2D eigenvalue weighted by molar-refractivity contribution is 7.92. The molecule has 0 unspecified atom stereocenters. The summed E-state index contributed by atoms with van der Waals surface area (Å²) in [6.45, 7) is 3.66. The minimum Gasteiger partial charge on any atom is -0.279 e. The first-order valence-corrected chi connectivity index (χ1v) is 7.92. The summed E-state index contributed by atoms with van der Waals surface area (Å²) in [7, 11) is -3.69. The largest absolute Gasteiger partial charge is 0.279 e. The van der Waals surface area contributed by atoms with Crippen molar-refractivity contribution in [2.75, 3.05) is 4.72 Å². The first-order chi connectivity index (χ1) is 9.92. The third-order valence-electron chi connectivity index (χ3n) is 2.94. The molecule has 0 aliphatic carbocycles. The smallest absolute Gasteiger partial charge is 0.261 e. The van der Waals surface area contributed by atoms with Gasteiger partial charge in [0.1, 0.15) is 5.82 Å². The second-order valence-corrected chi connectivity index (χ2v) is 6.33. The van der Waals surface area contributed by atoms with Crippen molar-refractivity contribution in [3.05, 3.63) is 65.5 Å². The Morgan fingerprint density at radius 1 is 1.10 bits per heavy atom. The number of anilines is 1. The predicted molar refractivity (Wildman–Crippen MR) is 83.1 cm³/mol. The molecule has 0 fully saturated rings. The highest BCUT2D eigenvalue weighted by Gasteiger charge is 2.15. The number of hydrogen-bond acceptors (Lipinski definition) is 2. The number of rotatable bonds is 4. The van der Waals surface area contributed by atoms with Crippen molar-refractivity contribution >= 4 is 21.8 Å². The predicted octanol–water partition coefficient (Wildman–Crippen LogP) is 3.97. The van der Waals surface area contributed by atoms with Crippen molar-refractivity contribution in [1.29, 1.82) is 0 Å². The molecular formula is C16H16FNO2S. The molecule has 2 aromatic carbocycles. The maximum atomic E-state index is 13.3. The molecule has 5 heteroatoms. The van der Waals surface area contributed by atoms with Gasteiger partial charge in [-0.3, -0.25) is 4.72 Å². The molecule has 21 heavy (non-hydrogen) atoms. The van der Waals surface area contributed by atoms with Crippen LogP contribution in [0.4, 0.5) is 10.1 Å². The van der Waals surface area contributed by atoms with Crippen LogP contribution in [0.25, 0.3) is 6.08 Å². The molecule has 0 atom stereocenters. The molecule has 0 bridgehead atoms. The molecule has 0 aliphatic rings. The second kappa shape index (κ2) is 6.10. The van der Waals surface area contributed by atoms with Crippen LogP contribution in [0, 0.1) is 12.7 Å². The maximum Gasteiger partial charge on any atom is 0.261 e. The Labute approximate surface area is 124 Å². The molecule has 0 radical (unpaired) electrons. The lowest BCUT2D eigenvalue weighted by Crippen LogP contribution is -2.13. The lowest BCUT2D eigenvalue weighted by Gasteiger charge is -2.11. The highest BCUT2D eigenvalue weighted by atomic mass is 32.2. The summed E-state index contributed by atoms with van der Waals surface area (Å²) < 4.78 is 40.4. The van der Waals surface area contributed by atoms with Gasteiger partial charge in [-0.25, -0.2) is 12.8 Å². The van der Waals surface area contributed by atoms with E-state index in [1.165, 1.54) is 30.3 Å². The average Bonchev–Trinajstić information content (AvgIpc) is 2.42. The van der Waals surface area contributed by atoms with Crippen molar-refractivity contribution < 1.29 is 12.8 Å². The van der Waals surface area contributed by atoms with Crippen molar-refractivity contribution in [2.24, 2.45) is 0 Å². The van der Waals surface area contributed by atoms with Crippen molar-refractivity contribution in [3.63, 3.8) is 0 Å². The quantitative estimate of drug-likeness (QED) is 0.929. The SMILES string of the molecule is CC=Cc1cc(F)ccc1NS(=O)(=O)c1ccc(C)cc1. The van der Waals surface area contributed by atoms with E-state index >= 15 is 0 Å². The van der Waals surface area contributed by atoms with E-state index < -0.39 is 15.8 Å². The molecule has 1 N–H and O–H groups in total. The fourth-order valence-corrected chi connectivity index (χ4v) is 2.95. The van der Waals surface area contributed by atoms with Crippen LogP contribution in [0.1, 0.15) is 18.1 Å². The molecule has 0 heterocycles. The van der Waals surface area contributed by atoms with Gasteiger partial charge in [-0.05, 0) is 44.2 Å². The van der Waals surface area contributed by atoms with Crippen LogP contribution in [-0.4, -0.2) is 8.42 Å². The highest BCUT2D eigenvalue weighted by Crippen LogP contribution is 2.22. The molecule has 3 nitrogen and oxygen atoms in total. The Morgan fingerprint density at radius 3 is 2.38 bits per heavy atom. The van der Waals surface area contributed by atoms with Gasteiger partial charge in [0.15, 0.2) is 0 Å². The zero-order valence-electron chi connectivity index (χ0n) is 11.8. The van der Waals surface area contributed by atoms with E-state index in [9.17, 15) is 12.8 Å². The summed E-state index contributed by atoms with van der Waals surface area (Å²) in [4.78, 5) is 0.170. The summed E-state index contributed by atoms with van der Waals surface area (Å²) >= 11 is 0. The molecule has 0 saturated heterocycles. The first-order valence-electron chi connectivity index (χ1n) is 6.44. The van der Waals surface area contributed by atoms with Gasteiger partial charge < -0.3 is 0 Å². The Bertz CT molecular complexity index is 765. The molecular weight excluding hydrogens is 289 g/mol. The van der Waals surface area contributed by atoms with Gasteiger partial charge in [0.2, 0.25) is 0 Å². The van der Waals surface area contributed by atoms with Crippen LogP contribution in [0.15, 0.2) is 53.4 Å². The third-order valence-corrected chi connectivity index (χ3v) is 4.32. The average molecular weight is 305 g/mol. The fraction of sp³-hybridized carbons (Fsp3) is 0.125. The number of nitrogens with one attached hydrogen (secondary N) is 1. The van der Waals surface area contributed by atoms with E-state index in [0.717, 1.165) is 5.56 Å². The zero-order valence-corrected chi connectivity index (χ0v) is 12.6. The summed E-state index contributed by atoms with van der Waals surface area (Å²) in [6, 6.07) is 10.5. The summed E-state index contributed by atoms with van der Waals surface area (Å²) in [5, 5.41) is 0. The van der Waals surface area contributed by atoms with Gasteiger partial charge in [-0.15, -0.1) is 0 Å². The van der Waals surface area contributed by atoms with Gasteiger partial charge in [0, 0.05) is 5.56 Å². The molecule has 0 amide bonds. The van der Waals surface area contributed by atoms with Gasteiger partial charge >= 0.3 is 0 Å². The topological polar surface area (TPSA) is 46.2 Å². The third kappa shape index (κ3) is 3.70. The lowest BCUT2D eigenvalue weighted by molar-refractivity contribution is 0.601. The van der Waals surface area contributed by atoms with Gasteiger partial charge in [-0.1, -0.05) is 29.8 Å². The van der Waals surface area contributed by atoms with Crippen LogP contribution in [0.3, 0.4) is 0 Å². The number of hydrogen-bond donors (Lipinski definition) is 1. The lowest BCUT2D eigenvalue weighted by atomic mass is 10.1. The standard InChI is InChI=1S/C16H16FNO2S/c1-3-4-13-11-14(17)7-10-16(13)18-21(19,20)15-8-5-12(2)6-9-15/h3-11,18H,1-2H3. The minimum atomic E-state index is -3.69. The van der Waals surface area contributed by atoms with Crippen LogP contribution in [-0.2, 0) is 10.0 Å². The van der Waals surface area contributed by atoms with Gasteiger partial charge in [0.25, 0.3) is 10.0 Å². The van der Waals surface area contributed by atoms with E-state index in [0.29, 0.717) is 11.3 Å². The first kappa shape index (κ1) is 15.3. The number of halogens is 1. The Balaban J connectivity index is 2.39. The second-order valence-electron chi connectivity index (χ2n) is 4.65. The minimum absolute atomic E-state index is 0.170. The molecule has 0 aliphatic heterocycles. The molecule has 2 aromatic rings. The molecule has 2 rings (SSSR count). The van der Waals surface area contributed by atoms with Crippen LogP contribution in [0.5, 0.6) is 0 Å². The van der Waals surface area contributed by atoms with Crippen LogP contribution in [0.2, 0.25) is 0 Å². The maximum absolute atomic E-state index is 13.3. The van der Waals surface area contributed by atoms with E-state index in [2.05, 4.69) is 4.72 Å².